The zero-order valence-electron chi connectivity index (χ0n) is 12.2. The van der Waals surface area contributed by atoms with Crippen molar-refractivity contribution in [2.45, 2.75) is 33.1 Å². The summed E-state index contributed by atoms with van der Waals surface area (Å²) in [5.74, 6) is -0.865. The van der Waals surface area contributed by atoms with Crippen LogP contribution in [0.15, 0.2) is 15.9 Å². The van der Waals surface area contributed by atoms with Crippen LogP contribution in [0.2, 0.25) is 0 Å². The average Bonchev–Trinajstić information content (AvgIpc) is 2.86. The molecule has 1 aromatic rings. The molecule has 1 aromatic heterocycles. The van der Waals surface area contributed by atoms with Gasteiger partial charge in [-0.15, -0.1) is 11.3 Å². The molecular weight excluding hydrogens is 356 g/mol. The maximum atomic E-state index is 11.7. The van der Waals surface area contributed by atoms with Crippen molar-refractivity contribution >= 4 is 39.3 Å². The van der Waals surface area contributed by atoms with Crippen molar-refractivity contribution in [2.24, 2.45) is 5.41 Å². The van der Waals surface area contributed by atoms with Crippen LogP contribution >= 0.6 is 27.3 Å². The van der Waals surface area contributed by atoms with Gasteiger partial charge in [0.2, 0.25) is 0 Å². The highest BCUT2D eigenvalue weighted by Gasteiger charge is 2.35. The molecule has 5 nitrogen and oxygen atoms in total. The Bertz CT molecular complexity index is 486. The van der Waals surface area contributed by atoms with Crippen molar-refractivity contribution in [3.63, 3.8) is 0 Å². The first-order valence-corrected chi connectivity index (χ1v) is 8.53. The molecule has 0 spiro atoms. The second-order valence-corrected chi connectivity index (χ2v) is 7.41. The highest BCUT2D eigenvalue weighted by molar-refractivity contribution is 9.11. The highest BCUT2D eigenvalue weighted by Crippen LogP contribution is 2.25. The molecule has 3 N–H and O–H groups in total. The standard InChI is InChI=1S/C14H21BrN2O3S/c1-3-14(4-2,12(18)19)9-17-13(20)16-8-7-10-5-6-11(15)21-10/h5-6H,3-4,7-9H2,1-2H3,(H,18,19)(H2,16,17,20). The number of rotatable bonds is 8. The Labute approximate surface area is 137 Å². The van der Waals surface area contributed by atoms with Gasteiger partial charge >= 0.3 is 12.0 Å². The number of hydrogen-bond donors (Lipinski definition) is 3. The van der Waals surface area contributed by atoms with Crippen molar-refractivity contribution in [1.82, 2.24) is 10.6 Å². The molecule has 0 atom stereocenters. The molecule has 2 amide bonds. The monoisotopic (exact) mass is 376 g/mol. The summed E-state index contributed by atoms with van der Waals surface area (Å²) in [5, 5.41) is 14.7. The topological polar surface area (TPSA) is 78.4 Å². The number of carboxylic acid groups (broad SMARTS) is 1. The number of thiophene rings is 1. The summed E-state index contributed by atoms with van der Waals surface area (Å²) < 4.78 is 1.07. The van der Waals surface area contributed by atoms with Crippen LogP contribution in [0.5, 0.6) is 0 Å². The third kappa shape index (κ3) is 5.32. The van der Waals surface area contributed by atoms with Gasteiger partial charge in [-0.3, -0.25) is 4.79 Å². The third-order valence-electron chi connectivity index (χ3n) is 3.68. The van der Waals surface area contributed by atoms with Crippen LogP contribution in [-0.4, -0.2) is 30.2 Å². The number of aliphatic carboxylic acids is 1. The normalized spacial score (nSPS) is 11.2. The summed E-state index contributed by atoms with van der Waals surface area (Å²) in [6, 6.07) is 3.67. The molecule has 0 aliphatic carbocycles. The number of urea groups is 1. The van der Waals surface area contributed by atoms with Crippen LogP contribution in [0, 0.1) is 5.41 Å². The van der Waals surface area contributed by atoms with Gasteiger partial charge in [0.15, 0.2) is 0 Å². The van der Waals surface area contributed by atoms with Crippen LogP contribution in [0.25, 0.3) is 0 Å². The van der Waals surface area contributed by atoms with Gasteiger partial charge in [-0.25, -0.2) is 4.79 Å². The summed E-state index contributed by atoms with van der Waals surface area (Å²) in [4.78, 5) is 24.2. The molecule has 0 bridgehead atoms. The van der Waals surface area contributed by atoms with Gasteiger partial charge in [-0.05, 0) is 47.3 Å². The lowest BCUT2D eigenvalue weighted by Gasteiger charge is -2.26. The Kier molecular flexibility index (Phi) is 7.17. The second kappa shape index (κ2) is 8.38. The predicted molar refractivity (Wildman–Crippen MR) is 87.8 cm³/mol. The van der Waals surface area contributed by atoms with Gasteiger partial charge in [0.1, 0.15) is 0 Å². The number of carbonyl (C=O) groups is 2. The first-order chi connectivity index (χ1) is 9.93. The first kappa shape index (κ1) is 18.0. The number of nitrogens with one attached hydrogen (secondary N) is 2. The van der Waals surface area contributed by atoms with E-state index < -0.39 is 11.4 Å². The van der Waals surface area contributed by atoms with Gasteiger partial charge in [0.05, 0.1) is 9.20 Å². The van der Waals surface area contributed by atoms with Crippen LogP contribution in [0.4, 0.5) is 4.79 Å². The number of carboxylic acids is 1. The fourth-order valence-corrected chi connectivity index (χ4v) is 3.46. The molecule has 0 unspecified atom stereocenters. The smallest absolute Gasteiger partial charge is 0.314 e. The molecule has 7 heteroatoms. The average molecular weight is 377 g/mol. The molecule has 0 radical (unpaired) electrons. The lowest BCUT2D eigenvalue weighted by Crippen LogP contribution is -2.46. The minimum absolute atomic E-state index is 0.145. The molecule has 1 heterocycles. The van der Waals surface area contributed by atoms with Crippen LogP contribution in [-0.2, 0) is 11.2 Å². The van der Waals surface area contributed by atoms with Gasteiger partial charge in [0.25, 0.3) is 0 Å². The van der Waals surface area contributed by atoms with Crippen molar-refractivity contribution in [2.75, 3.05) is 13.1 Å². The Morgan fingerprint density at radius 2 is 1.95 bits per heavy atom. The second-order valence-electron chi connectivity index (χ2n) is 4.86. The van der Waals surface area contributed by atoms with E-state index in [1.807, 2.05) is 26.0 Å². The van der Waals surface area contributed by atoms with E-state index in [4.69, 9.17) is 0 Å². The molecule has 0 aliphatic heterocycles. The minimum Gasteiger partial charge on any atom is -0.481 e. The Balaban J connectivity index is 2.34. The molecule has 0 fully saturated rings. The zero-order valence-corrected chi connectivity index (χ0v) is 14.6. The van der Waals surface area contributed by atoms with E-state index in [2.05, 4.69) is 26.6 Å². The summed E-state index contributed by atoms with van der Waals surface area (Å²) in [6.45, 7) is 4.32. The summed E-state index contributed by atoms with van der Waals surface area (Å²) in [7, 11) is 0. The minimum atomic E-state index is -0.879. The van der Waals surface area contributed by atoms with Gasteiger partial charge < -0.3 is 15.7 Å². The van der Waals surface area contributed by atoms with E-state index in [-0.39, 0.29) is 12.6 Å². The van der Waals surface area contributed by atoms with Crippen molar-refractivity contribution in [1.29, 1.82) is 0 Å². The van der Waals surface area contributed by atoms with Gasteiger partial charge in [-0.1, -0.05) is 13.8 Å². The fraction of sp³-hybridized carbons (Fsp3) is 0.571. The van der Waals surface area contributed by atoms with Gasteiger partial charge in [-0.2, -0.15) is 0 Å². The molecule has 1 rings (SSSR count). The van der Waals surface area contributed by atoms with E-state index in [9.17, 15) is 14.7 Å². The molecule has 21 heavy (non-hydrogen) atoms. The van der Waals surface area contributed by atoms with E-state index in [1.54, 1.807) is 11.3 Å². The summed E-state index contributed by atoms with van der Waals surface area (Å²) in [6.07, 6.45) is 1.74. The fourth-order valence-electron chi connectivity index (χ4n) is 1.98. The zero-order chi connectivity index (χ0) is 15.9. The Hall–Kier alpha value is -1.08. The molecule has 0 saturated heterocycles. The van der Waals surface area contributed by atoms with E-state index >= 15 is 0 Å². The lowest BCUT2D eigenvalue weighted by molar-refractivity contribution is -0.149. The molecule has 0 aliphatic rings. The van der Waals surface area contributed by atoms with E-state index in [0.29, 0.717) is 19.4 Å². The maximum absolute atomic E-state index is 11.7. The van der Waals surface area contributed by atoms with Crippen molar-refractivity contribution < 1.29 is 14.7 Å². The number of hydrogen-bond acceptors (Lipinski definition) is 3. The lowest BCUT2D eigenvalue weighted by atomic mass is 9.82. The SMILES string of the molecule is CCC(CC)(CNC(=O)NCCc1ccc(Br)s1)C(=O)O. The third-order valence-corrected chi connectivity index (χ3v) is 5.36. The largest absolute Gasteiger partial charge is 0.481 e. The van der Waals surface area contributed by atoms with Crippen molar-refractivity contribution in [3.8, 4) is 0 Å². The first-order valence-electron chi connectivity index (χ1n) is 6.93. The molecule has 0 saturated carbocycles. The summed E-state index contributed by atoms with van der Waals surface area (Å²) in [5.41, 5.74) is -0.879. The predicted octanol–water partition coefficient (Wildman–Crippen LogP) is 3.24. The quantitative estimate of drug-likeness (QED) is 0.651. The maximum Gasteiger partial charge on any atom is 0.314 e. The van der Waals surface area contributed by atoms with Crippen LogP contribution in [0.3, 0.4) is 0 Å². The number of amides is 2. The Morgan fingerprint density at radius 3 is 2.43 bits per heavy atom. The number of carbonyl (C=O) groups excluding carboxylic acids is 1. The Morgan fingerprint density at radius 1 is 1.29 bits per heavy atom. The van der Waals surface area contributed by atoms with E-state index in [1.165, 1.54) is 4.88 Å². The van der Waals surface area contributed by atoms with Crippen molar-refractivity contribution in [3.05, 3.63) is 20.8 Å². The molecular formula is C14H21BrN2O3S. The molecule has 118 valence electrons. The van der Waals surface area contributed by atoms with Crippen LogP contribution in [0.1, 0.15) is 31.6 Å². The van der Waals surface area contributed by atoms with Gasteiger partial charge in [0, 0.05) is 18.0 Å². The number of halogens is 1. The highest BCUT2D eigenvalue weighted by atomic mass is 79.9. The van der Waals surface area contributed by atoms with Crippen LogP contribution < -0.4 is 10.6 Å². The van der Waals surface area contributed by atoms with E-state index in [0.717, 1.165) is 10.2 Å². The summed E-state index contributed by atoms with van der Waals surface area (Å²) >= 11 is 5.03. The molecule has 0 aromatic carbocycles.